The number of carbonyl (C=O) groups excluding carboxylic acids is 2. The monoisotopic (exact) mass is 471 g/mol. The fourth-order valence-electron chi connectivity index (χ4n) is 4.45. The molecule has 1 saturated heterocycles. The summed E-state index contributed by atoms with van der Waals surface area (Å²) in [4.78, 5) is 31.0. The number of amides is 3. The summed E-state index contributed by atoms with van der Waals surface area (Å²) in [6, 6.07) is 9.65. The molecule has 2 atom stereocenters. The Labute approximate surface area is 199 Å². The first-order chi connectivity index (χ1) is 16.0. The normalized spacial score (nSPS) is 19.8. The number of carbonyl (C=O) groups is 2. The van der Waals surface area contributed by atoms with Gasteiger partial charge in [-0.15, -0.1) is 11.3 Å². The molecule has 1 fully saturated rings. The highest BCUT2D eigenvalue weighted by Gasteiger charge is 2.34. The molecule has 2 aliphatic heterocycles. The third kappa shape index (κ3) is 5.86. The van der Waals surface area contributed by atoms with Crippen molar-refractivity contribution in [3.05, 3.63) is 51.7 Å². The molecule has 0 saturated carbocycles. The van der Waals surface area contributed by atoms with Gasteiger partial charge in [0.1, 0.15) is 18.9 Å². The van der Waals surface area contributed by atoms with E-state index in [9.17, 15) is 9.59 Å². The standard InChI is InChI=1S/C25H33N3O4S/c1-3-26-25(30)27(15-20-5-4-13-31-20)16-24(29)28-12-10-23-21(11-14-33-23)22(28)17-32-19-8-6-18(2)7-9-19/h6-9,11,14,20,22H,3-5,10,12-13,15-17H2,1-2H3,(H,26,30)/t20-,22-/m0/s1. The quantitative estimate of drug-likeness (QED) is 0.636. The molecule has 1 aromatic carbocycles. The summed E-state index contributed by atoms with van der Waals surface area (Å²) >= 11 is 1.73. The number of urea groups is 1. The molecule has 3 amide bonds. The first-order valence-corrected chi connectivity index (χ1v) is 12.6. The number of nitrogens with zero attached hydrogens (tertiary/aromatic N) is 2. The van der Waals surface area contributed by atoms with Crippen LogP contribution in [0.3, 0.4) is 0 Å². The smallest absolute Gasteiger partial charge is 0.317 e. The minimum Gasteiger partial charge on any atom is -0.491 e. The minimum atomic E-state index is -0.220. The summed E-state index contributed by atoms with van der Waals surface area (Å²) in [5, 5.41) is 4.92. The lowest BCUT2D eigenvalue weighted by atomic mass is 10.0. The van der Waals surface area contributed by atoms with Crippen LogP contribution in [-0.2, 0) is 16.0 Å². The summed E-state index contributed by atoms with van der Waals surface area (Å²) in [5.74, 6) is 0.728. The number of fused-ring (bicyclic) bond motifs is 1. The van der Waals surface area contributed by atoms with Crippen LogP contribution in [0.1, 0.15) is 41.8 Å². The van der Waals surface area contributed by atoms with E-state index in [4.69, 9.17) is 9.47 Å². The van der Waals surface area contributed by atoms with E-state index in [1.165, 1.54) is 10.4 Å². The minimum absolute atomic E-state index is 0.00842. The third-order valence-electron chi connectivity index (χ3n) is 6.23. The maximum Gasteiger partial charge on any atom is 0.317 e. The number of rotatable bonds is 8. The van der Waals surface area contributed by atoms with Gasteiger partial charge in [-0.3, -0.25) is 4.79 Å². The number of ether oxygens (including phenoxy) is 2. The van der Waals surface area contributed by atoms with Gasteiger partial charge in [-0.1, -0.05) is 17.7 Å². The Kier molecular flexibility index (Phi) is 7.88. The van der Waals surface area contributed by atoms with Gasteiger partial charge >= 0.3 is 6.03 Å². The predicted octanol–water partition coefficient (Wildman–Crippen LogP) is 3.77. The molecule has 2 aliphatic rings. The lowest BCUT2D eigenvalue weighted by molar-refractivity contribution is -0.135. The fourth-order valence-corrected chi connectivity index (χ4v) is 5.38. The van der Waals surface area contributed by atoms with Gasteiger partial charge in [0.15, 0.2) is 0 Å². The van der Waals surface area contributed by atoms with Crippen molar-refractivity contribution in [3.63, 3.8) is 0 Å². The summed E-state index contributed by atoms with van der Waals surface area (Å²) < 4.78 is 11.8. The Morgan fingerprint density at radius 1 is 1.27 bits per heavy atom. The zero-order valence-electron chi connectivity index (χ0n) is 19.4. The third-order valence-corrected chi connectivity index (χ3v) is 7.23. The van der Waals surface area contributed by atoms with Crippen LogP contribution in [0.15, 0.2) is 35.7 Å². The molecule has 0 aliphatic carbocycles. The van der Waals surface area contributed by atoms with E-state index >= 15 is 0 Å². The van der Waals surface area contributed by atoms with E-state index in [1.54, 1.807) is 16.2 Å². The van der Waals surface area contributed by atoms with Crippen molar-refractivity contribution in [1.29, 1.82) is 0 Å². The molecule has 0 spiro atoms. The highest BCUT2D eigenvalue weighted by Crippen LogP contribution is 2.34. The van der Waals surface area contributed by atoms with Crippen molar-refractivity contribution in [2.24, 2.45) is 0 Å². The first kappa shape index (κ1) is 23.6. The van der Waals surface area contributed by atoms with E-state index in [1.807, 2.05) is 43.0 Å². The van der Waals surface area contributed by atoms with E-state index in [2.05, 4.69) is 16.8 Å². The Balaban J connectivity index is 1.48. The molecule has 2 aromatic rings. The molecule has 1 N–H and O–H groups in total. The van der Waals surface area contributed by atoms with Crippen LogP contribution in [0.5, 0.6) is 5.75 Å². The molecule has 0 bridgehead atoms. The second-order valence-corrected chi connectivity index (χ2v) is 9.63. The van der Waals surface area contributed by atoms with Crippen molar-refractivity contribution in [3.8, 4) is 5.75 Å². The van der Waals surface area contributed by atoms with Gasteiger partial charge in [0.2, 0.25) is 5.91 Å². The summed E-state index contributed by atoms with van der Waals surface area (Å²) in [6.45, 7) is 6.62. The highest BCUT2D eigenvalue weighted by molar-refractivity contribution is 7.10. The second kappa shape index (κ2) is 11.0. The van der Waals surface area contributed by atoms with Gasteiger partial charge in [-0.2, -0.15) is 0 Å². The zero-order chi connectivity index (χ0) is 23.2. The Morgan fingerprint density at radius 2 is 2.09 bits per heavy atom. The molecule has 33 heavy (non-hydrogen) atoms. The number of benzene rings is 1. The van der Waals surface area contributed by atoms with Crippen molar-refractivity contribution in [2.45, 2.75) is 45.3 Å². The van der Waals surface area contributed by atoms with Crippen LogP contribution in [0, 0.1) is 6.92 Å². The lowest BCUT2D eigenvalue weighted by Crippen LogP contribution is -2.51. The highest BCUT2D eigenvalue weighted by atomic mass is 32.1. The van der Waals surface area contributed by atoms with Crippen molar-refractivity contribution >= 4 is 23.3 Å². The van der Waals surface area contributed by atoms with E-state index in [-0.39, 0.29) is 30.6 Å². The first-order valence-electron chi connectivity index (χ1n) is 11.7. The van der Waals surface area contributed by atoms with E-state index < -0.39 is 0 Å². The van der Waals surface area contributed by atoms with Crippen LogP contribution in [0.2, 0.25) is 0 Å². The Bertz CT molecular complexity index is 939. The molecule has 7 nitrogen and oxygen atoms in total. The topological polar surface area (TPSA) is 71.1 Å². The maximum absolute atomic E-state index is 13.5. The molecule has 4 rings (SSSR count). The molecule has 1 aromatic heterocycles. The number of nitrogens with one attached hydrogen (secondary N) is 1. The average molecular weight is 472 g/mol. The van der Waals surface area contributed by atoms with Crippen LogP contribution in [-0.4, -0.2) is 67.2 Å². The molecule has 178 valence electrons. The van der Waals surface area contributed by atoms with Crippen LogP contribution >= 0.6 is 11.3 Å². The number of hydrogen-bond acceptors (Lipinski definition) is 5. The van der Waals surface area contributed by atoms with Gasteiger partial charge in [0, 0.05) is 31.1 Å². The van der Waals surface area contributed by atoms with E-state index in [0.29, 0.717) is 32.8 Å². The van der Waals surface area contributed by atoms with Crippen molar-refractivity contribution < 1.29 is 19.1 Å². The molecule has 0 unspecified atom stereocenters. The van der Waals surface area contributed by atoms with Gasteiger partial charge < -0.3 is 24.6 Å². The molecular weight excluding hydrogens is 438 g/mol. The largest absolute Gasteiger partial charge is 0.491 e. The van der Waals surface area contributed by atoms with Crippen LogP contribution in [0.25, 0.3) is 0 Å². The second-order valence-electron chi connectivity index (χ2n) is 8.63. The predicted molar refractivity (Wildman–Crippen MR) is 129 cm³/mol. The summed E-state index contributed by atoms with van der Waals surface area (Å²) in [5.41, 5.74) is 2.32. The van der Waals surface area contributed by atoms with Crippen LogP contribution in [0.4, 0.5) is 4.79 Å². The number of hydrogen-bond donors (Lipinski definition) is 1. The molecule has 0 radical (unpaired) electrons. The fraction of sp³-hybridized carbons (Fsp3) is 0.520. The van der Waals surface area contributed by atoms with Crippen molar-refractivity contribution in [1.82, 2.24) is 15.1 Å². The van der Waals surface area contributed by atoms with E-state index in [0.717, 1.165) is 30.6 Å². The molecule has 8 heteroatoms. The Morgan fingerprint density at radius 3 is 2.82 bits per heavy atom. The van der Waals surface area contributed by atoms with Gasteiger partial charge in [0.25, 0.3) is 0 Å². The van der Waals surface area contributed by atoms with Gasteiger partial charge in [0.05, 0.1) is 12.1 Å². The Hall–Kier alpha value is -2.58. The zero-order valence-corrected chi connectivity index (χ0v) is 20.2. The van der Waals surface area contributed by atoms with Crippen LogP contribution < -0.4 is 10.1 Å². The van der Waals surface area contributed by atoms with Gasteiger partial charge in [-0.05, 0) is 62.3 Å². The lowest BCUT2D eigenvalue weighted by Gasteiger charge is -2.37. The van der Waals surface area contributed by atoms with Crippen molar-refractivity contribution in [2.75, 3.05) is 39.4 Å². The summed E-state index contributed by atoms with van der Waals surface area (Å²) in [7, 11) is 0. The maximum atomic E-state index is 13.5. The number of aryl methyl sites for hydroxylation is 1. The molecule has 3 heterocycles. The SMILES string of the molecule is CCNC(=O)N(CC(=O)N1CCc2sccc2[C@@H]1COc1ccc(C)cc1)C[C@@H]1CCCO1. The average Bonchev–Trinajstić information content (AvgIpc) is 3.50. The molecular formula is C25H33N3O4S. The summed E-state index contributed by atoms with van der Waals surface area (Å²) in [6.07, 6.45) is 2.73. The van der Waals surface area contributed by atoms with Gasteiger partial charge in [-0.25, -0.2) is 4.79 Å². The number of thiophene rings is 1.